The van der Waals surface area contributed by atoms with E-state index in [1.165, 1.54) is 5.56 Å². The number of ether oxygens (including phenoxy) is 1. The van der Waals surface area contributed by atoms with Crippen molar-refractivity contribution in [3.05, 3.63) is 69.4 Å². The number of furan rings is 1. The third kappa shape index (κ3) is 5.70. The van der Waals surface area contributed by atoms with Crippen LogP contribution in [0.1, 0.15) is 35.8 Å². The maximum atomic E-state index is 12.7. The molecule has 2 aromatic heterocycles. The van der Waals surface area contributed by atoms with E-state index in [0.717, 1.165) is 28.6 Å². The number of aromatic nitrogens is 1. The van der Waals surface area contributed by atoms with Crippen molar-refractivity contribution in [3.63, 3.8) is 0 Å². The molecule has 1 aromatic carbocycles. The van der Waals surface area contributed by atoms with Crippen LogP contribution in [0, 0.1) is 13.8 Å². The van der Waals surface area contributed by atoms with Crippen LogP contribution in [0.4, 0.5) is 0 Å². The number of H-pyrrole nitrogens is 1. The number of benzene rings is 1. The normalized spacial score (nSPS) is 11.0. The van der Waals surface area contributed by atoms with Gasteiger partial charge in [-0.3, -0.25) is 4.79 Å². The van der Waals surface area contributed by atoms with Gasteiger partial charge in [0.25, 0.3) is 5.56 Å². The number of fused-ring (bicyclic) bond motifs is 1. The molecule has 7 heteroatoms. The van der Waals surface area contributed by atoms with E-state index in [9.17, 15) is 4.79 Å². The second kappa shape index (κ2) is 10.4. The molecule has 3 rings (SSSR count). The van der Waals surface area contributed by atoms with Crippen molar-refractivity contribution in [2.24, 2.45) is 0 Å². The number of aryl methyl sites for hydroxylation is 2. The molecule has 2 N–H and O–H groups in total. The largest absolute Gasteiger partial charge is 0.467 e. The Labute approximate surface area is 182 Å². The van der Waals surface area contributed by atoms with Gasteiger partial charge in [0.1, 0.15) is 5.76 Å². The van der Waals surface area contributed by atoms with Gasteiger partial charge in [-0.15, -0.1) is 0 Å². The molecule has 2 heterocycles. The first-order chi connectivity index (χ1) is 14.5. The Balaban J connectivity index is 1.79. The van der Waals surface area contributed by atoms with E-state index in [2.05, 4.69) is 23.3 Å². The molecule has 0 amide bonds. The molecule has 0 bridgehead atoms. The molecule has 0 aliphatic rings. The predicted molar refractivity (Wildman–Crippen MR) is 124 cm³/mol. The molecule has 0 saturated heterocycles. The minimum absolute atomic E-state index is 0.102. The highest BCUT2D eigenvalue weighted by Crippen LogP contribution is 2.18. The lowest BCUT2D eigenvalue weighted by atomic mass is 10.0. The summed E-state index contributed by atoms with van der Waals surface area (Å²) in [6.07, 6.45) is 2.50. The molecule has 0 saturated carbocycles. The summed E-state index contributed by atoms with van der Waals surface area (Å²) >= 11 is 5.62. The van der Waals surface area contributed by atoms with Gasteiger partial charge in [-0.1, -0.05) is 0 Å². The van der Waals surface area contributed by atoms with E-state index in [-0.39, 0.29) is 5.56 Å². The van der Waals surface area contributed by atoms with Crippen molar-refractivity contribution in [1.29, 1.82) is 0 Å². The number of aromatic amines is 1. The molecular weight excluding hydrogens is 398 g/mol. The highest BCUT2D eigenvalue weighted by molar-refractivity contribution is 7.80. The quantitative estimate of drug-likeness (QED) is 0.397. The van der Waals surface area contributed by atoms with Crippen molar-refractivity contribution in [1.82, 2.24) is 15.2 Å². The van der Waals surface area contributed by atoms with E-state index in [0.29, 0.717) is 43.5 Å². The Hall–Kier alpha value is -2.64. The van der Waals surface area contributed by atoms with Gasteiger partial charge in [0, 0.05) is 30.8 Å². The summed E-state index contributed by atoms with van der Waals surface area (Å²) in [6, 6.07) is 9.82. The van der Waals surface area contributed by atoms with Crippen LogP contribution < -0.4 is 10.9 Å². The number of nitrogens with one attached hydrogen (secondary N) is 2. The molecule has 0 aliphatic carbocycles. The van der Waals surface area contributed by atoms with Gasteiger partial charge >= 0.3 is 0 Å². The fraction of sp³-hybridized carbons (Fsp3) is 0.391. The topological polar surface area (TPSA) is 70.5 Å². The highest BCUT2D eigenvalue weighted by Gasteiger charge is 2.15. The van der Waals surface area contributed by atoms with E-state index >= 15 is 0 Å². The molecular formula is C23H29N3O3S. The number of pyridine rings is 1. The molecule has 0 radical (unpaired) electrons. The zero-order valence-electron chi connectivity index (χ0n) is 17.8. The van der Waals surface area contributed by atoms with Crippen LogP contribution in [0.15, 0.2) is 45.8 Å². The summed E-state index contributed by atoms with van der Waals surface area (Å²) in [6.45, 7) is 9.07. The van der Waals surface area contributed by atoms with E-state index in [1.54, 1.807) is 6.26 Å². The minimum atomic E-state index is -0.102. The highest BCUT2D eigenvalue weighted by atomic mass is 32.1. The lowest BCUT2D eigenvalue weighted by molar-refractivity contribution is 0.145. The number of nitrogens with zero attached hydrogens (tertiary/aromatic N) is 1. The van der Waals surface area contributed by atoms with Crippen LogP contribution in [0.25, 0.3) is 10.9 Å². The lowest BCUT2D eigenvalue weighted by Gasteiger charge is -2.25. The summed E-state index contributed by atoms with van der Waals surface area (Å²) in [4.78, 5) is 17.7. The van der Waals surface area contributed by atoms with E-state index in [1.807, 2.05) is 43.0 Å². The van der Waals surface area contributed by atoms with Crippen LogP contribution in [0.3, 0.4) is 0 Å². The molecule has 6 nitrogen and oxygen atoms in total. The molecule has 0 spiro atoms. The number of rotatable bonds is 9. The zero-order valence-corrected chi connectivity index (χ0v) is 18.6. The fourth-order valence-electron chi connectivity index (χ4n) is 3.26. The van der Waals surface area contributed by atoms with Gasteiger partial charge in [0.15, 0.2) is 5.11 Å². The van der Waals surface area contributed by atoms with Gasteiger partial charge in [-0.25, -0.2) is 0 Å². The van der Waals surface area contributed by atoms with E-state index in [4.69, 9.17) is 21.4 Å². The standard InChI is InChI=1S/C23H29N3O3S/c1-4-28-9-6-8-24-23(30)26(15-20-7-5-10-29-20)14-19-13-18-11-16(2)17(3)12-21(18)25-22(19)27/h5,7,10-13H,4,6,8-9,14-15H2,1-3H3,(H,24,30)(H,25,27). The summed E-state index contributed by atoms with van der Waals surface area (Å²) in [7, 11) is 0. The predicted octanol–water partition coefficient (Wildman–Crippen LogP) is 4.04. The van der Waals surface area contributed by atoms with Crippen LogP contribution >= 0.6 is 12.2 Å². The van der Waals surface area contributed by atoms with Crippen molar-refractivity contribution in [3.8, 4) is 0 Å². The van der Waals surface area contributed by atoms with Crippen LogP contribution in [0.2, 0.25) is 0 Å². The first-order valence-electron chi connectivity index (χ1n) is 10.2. The third-order valence-corrected chi connectivity index (χ3v) is 5.46. The smallest absolute Gasteiger partial charge is 0.253 e. The third-order valence-electron chi connectivity index (χ3n) is 5.06. The van der Waals surface area contributed by atoms with Gasteiger partial charge in [-0.05, 0) is 86.3 Å². The minimum Gasteiger partial charge on any atom is -0.467 e. The summed E-state index contributed by atoms with van der Waals surface area (Å²) in [5, 5.41) is 4.87. The van der Waals surface area contributed by atoms with Crippen LogP contribution in [-0.2, 0) is 17.8 Å². The van der Waals surface area contributed by atoms with Gasteiger partial charge in [-0.2, -0.15) is 0 Å². The molecule has 0 aliphatic heterocycles. The van der Waals surface area contributed by atoms with Crippen molar-refractivity contribution in [2.75, 3.05) is 19.8 Å². The maximum Gasteiger partial charge on any atom is 0.253 e. The van der Waals surface area contributed by atoms with Crippen molar-refractivity contribution < 1.29 is 9.15 Å². The van der Waals surface area contributed by atoms with Gasteiger partial charge in [0.05, 0.1) is 19.4 Å². The Morgan fingerprint density at radius 1 is 1.23 bits per heavy atom. The number of hydrogen-bond donors (Lipinski definition) is 2. The first-order valence-corrected chi connectivity index (χ1v) is 10.6. The van der Waals surface area contributed by atoms with E-state index < -0.39 is 0 Å². The molecule has 0 fully saturated rings. The van der Waals surface area contributed by atoms with Gasteiger partial charge < -0.3 is 24.4 Å². The number of hydrogen-bond acceptors (Lipinski definition) is 4. The molecule has 0 unspecified atom stereocenters. The lowest BCUT2D eigenvalue weighted by Crippen LogP contribution is -2.40. The Morgan fingerprint density at radius 2 is 2.03 bits per heavy atom. The monoisotopic (exact) mass is 427 g/mol. The number of thiocarbonyl (C=S) groups is 1. The second-order valence-electron chi connectivity index (χ2n) is 7.37. The van der Waals surface area contributed by atoms with Crippen LogP contribution in [0.5, 0.6) is 0 Å². The first kappa shape index (κ1) is 22.1. The van der Waals surface area contributed by atoms with Crippen molar-refractivity contribution >= 4 is 28.2 Å². The molecule has 3 aromatic rings. The summed E-state index contributed by atoms with van der Waals surface area (Å²) < 4.78 is 10.9. The Kier molecular flexibility index (Phi) is 7.65. The molecule has 30 heavy (non-hydrogen) atoms. The average Bonchev–Trinajstić information content (AvgIpc) is 3.22. The SMILES string of the molecule is CCOCCCNC(=S)N(Cc1ccco1)Cc1cc2cc(C)c(C)cc2[nH]c1=O. The Bertz CT molecular complexity index is 1040. The average molecular weight is 428 g/mol. The fourth-order valence-corrected chi connectivity index (χ4v) is 3.49. The molecule has 0 atom stereocenters. The zero-order chi connectivity index (χ0) is 21.5. The summed E-state index contributed by atoms with van der Waals surface area (Å²) in [5.74, 6) is 0.789. The summed E-state index contributed by atoms with van der Waals surface area (Å²) in [5.41, 5.74) is 3.76. The van der Waals surface area contributed by atoms with Crippen molar-refractivity contribution in [2.45, 2.75) is 40.3 Å². The second-order valence-corrected chi connectivity index (χ2v) is 7.75. The molecule has 160 valence electrons. The van der Waals surface area contributed by atoms with Gasteiger partial charge in [0.2, 0.25) is 0 Å². The maximum absolute atomic E-state index is 12.7. The van der Waals surface area contributed by atoms with Crippen LogP contribution in [-0.4, -0.2) is 34.8 Å². The Morgan fingerprint density at radius 3 is 2.77 bits per heavy atom.